The van der Waals surface area contributed by atoms with Crippen molar-refractivity contribution in [1.82, 2.24) is 10.1 Å². The fourth-order valence-corrected chi connectivity index (χ4v) is 3.37. The standard InChI is InChI=1S/C16H20BrN3O2.ClH/c1-11-4-5-13(12(17)10-11)21-9-6-14-19-15(20-22-14)16(18)7-2-3-8-16;/h4-5,10H,2-3,6-9,18H2,1H3;1H. The molecule has 126 valence electrons. The zero-order chi connectivity index (χ0) is 15.6. The average Bonchev–Trinajstić information content (AvgIpc) is 3.11. The number of hydrogen-bond acceptors (Lipinski definition) is 5. The molecule has 2 N–H and O–H groups in total. The van der Waals surface area contributed by atoms with Crippen LogP contribution in [-0.4, -0.2) is 16.7 Å². The lowest BCUT2D eigenvalue weighted by molar-refractivity contribution is 0.288. The number of aryl methyl sites for hydroxylation is 1. The van der Waals surface area contributed by atoms with Crippen LogP contribution in [0.25, 0.3) is 0 Å². The molecular formula is C16H21BrClN3O2. The maximum atomic E-state index is 6.32. The molecule has 0 atom stereocenters. The predicted octanol–water partition coefficient (Wildman–Crippen LogP) is 3.91. The summed E-state index contributed by atoms with van der Waals surface area (Å²) in [5.41, 5.74) is 7.11. The minimum absolute atomic E-state index is 0. The predicted molar refractivity (Wildman–Crippen MR) is 94.0 cm³/mol. The van der Waals surface area contributed by atoms with E-state index < -0.39 is 5.54 Å². The minimum atomic E-state index is -0.400. The summed E-state index contributed by atoms with van der Waals surface area (Å²) >= 11 is 3.50. The maximum Gasteiger partial charge on any atom is 0.230 e. The highest BCUT2D eigenvalue weighted by Crippen LogP contribution is 2.34. The Balaban J connectivity index is 0.00000192. The molecule has 0 saturated heterocycles. The fourth-order valence-electron chi connectivity index (χ4n) is 2.76. The van der Waals surface area contributed by atoms with Gasteiger partial charge in [0.2, 0.25) is 5.89 Å². The lowest BCUT2D eigenvalue weighted by Crippen LogP contribution is -2.34. The Morgan fingerprint density at radius 1 is 1.35 bits per heavy atom. The molecule has 1 saturated carbocycles. The quantitative estimate of drug-likeness (QED) is 0.820. The Morgan fingerprint density at radius 3 is 2.78 bits per heavy atom. The van der Waals surface area contributed by atoms with Gasteiger partial charge < -0.3 is 15.0 Å². The van der Waals surface area contributed by atoms with E-state index in [0.717, 1.165) is 35.9 Å². The molecule has 1 heterocycles. The first-order chi connectivity index (χ1) is 10.6. The summed E-state index contributed by atoms with van der Waals surface area (Å²) in [6.45, 7) is 2.53. The van der Waals surface area contributed by atoms with E-state index in [-0.39, 0.29) is 12.4 Å². The van der Waals surface area contributed by atoms with Crippen molar-refractivity contribution in [3.63, 3.8) is 0 Å². The largest absolute Gasteiger partial charge is 0.492 e. The number of benzene rings is 1. The van der Waals surface area contributed by atoms with Crippen molar-refractivity contribution in [2.45, 2.75) is 44.6 Å². The van der Waals surface area contributed by atoms with Gasteiger partial charge in [-0.3, -0.25) is 0 Å². The van der Waals surface area contributed by atoms with Gasteiger partial charge in [-0.2, -0.15) is 4.98 Å². The lowest BCUT2D eigenvalue weighted by Gasteiger charge is -2.17. The topological polar surface area (TPSA) is 74.2 Å². The van der Waals surface area contributed by atoms with Crippen molar-refractivity contribution >= 4 is 28.3 Å². The summed E-state index contributed by atoms with van der Waals surface area (Å²) < 4.78 is 12.0. The van der Waals surface area contributed by atoms with Crippen LogP contribution >= 0.6 is 28.3 Å². The minimum Gasteiger partial charge on any atom is -0.492 e. The van der Waals surface area contributed by atoms with Crippen LogP contribution in [0.5, 0.6) is 5.75 Å². The van der Waals surface area contributed by atoms with Crippen LogP contribution in [0.15, 0.2) is 27.2 Å². The number of nitrogens with zero attached hydrogens (tertiary/aromatic N) is 2. The van der Waals surface area contributed by atoms with E-state index in [1.807, 2.05) is 25.1 Å². The molecule has 0 amide bonds. The molecule has 5 nitrogen and oxygen atoms in total. The number of aromatic nitrogens is 2. The Morgan fingerprint density at radius 2 is 2.09 bits per heavy atom. The number of nitrogens with two attached hydrogens (primary N) is 1. The van der Waals surface area contributed by atoms with Crippen LogP contribution in [0.1, 0.15) is 43.0 Å². The van der Waals surface area contributed by atoms with Crippen LogP contribution in [0.4, 0.5) is 0 Å². The van der Waals surface area contributed by atoms with Gasteiger partial charge in [-0.1, -0.05) is 24.1 Å². The third-order valence-electron chi connectivity index (χ3n) is 4.07. The summed E-state index contributed by atoms with van der Waals surface area (Å²) in [5.74, 6) is 2.03. The SMILES string of the molecule is Cc1ccc(OCCc2nc(C3(N)CCCC3)no2)c(Br)c1.Cl. The monoisotopic (exact) mass is 401 g/mol. The summed E-state index contributed by atoms with van der Waals surface area (Å²) in [5, 5.41) is 4.05. The molecule has 0 spiro atoms. The summed E-state index contributed by atoms with van der Waals surface area (Å²) in [7, 11) is 0. The van der Waals surface area contributed by atoms with Crippen molar-refractivity contribution < 1.29 is 9.26 Å². The van der Waals surface area contributed by atoms with Gasteiger partial charge in [0.1, 0.15) is 5.75 Å². The molecular weight excluding hydrogens is 382 g/mol. The molecule has 2 aromatic rings. The van der Waals surface area contributed by atoms with Crippen molar-refractivity contribution in [3.8, 4) is 5.75 Å². The van der Waals surface area contributed by atoms with E-state index >= 15 is 0 Å². The van der Waals surface area contributed by atoms with E-state index in [2.05, 4.69) is 26.1 Å². The molecule has 1 fully saturated rings. The smallest absolute Gasteiger partial charge is 0.230 e. The van der Waals surface area contributed by atoms with Crippen molar-refractivity contribution in [1.29, 1.82) is 0 Å². The van der Waals surface area contributed by atoms with E-state index in [1.165, 1.54) is 5.56 Å². The number of hydrogen-bond donors (Lipinski definition) is 1. The van der Waals surface area contributed by atoms with Crippen LogP contribution < -0.4 is 10.5 Å². The zero-order valence-corrected chi connectivity index (χ0v) is 15.5. The van der Waals surface area contributed by atoms with Gasteiger partial charge in [0.15, 0.2) is 5.82 Å². The Kier molecular flexibility index (Phi) is 6.06. The van der Waals surface area contributed by atoms with Gasteiger partial charge in [-0.25, -0.2) is 0 Å². The molecule has 0 unspecified atom stereocenters. The average molecular weight is 403 g/mol. The molecule has 0 aliphatic heterocycles. The Bertz CT molecular complexity index is 657. The first kappa shape index (κ1) is 18.2. The molecule has 0 radical (unpaired) electrons. The van der Waals surface area contributed by atoms with Gasteiger partial charge in [0.05, 0.1) is 23.0 Å². The molecule has 1 aromatic heterocycles. The zero-order valence-electron chi connectivity index (χ0n) is 13.0. The highest BCUT2D eigenvalue weighted by atomic mass is 79.9. The van der Waals surface area contributed by atoms with Gasteiger partial charge >= 0.3 is 0 Å². The summed E-state index contributed by atoms with van der Waals surface area (Å²) in [6.07, 6.45) is 4.69. The van der Waals surface area contributed by atoms with Crippen LogP contribution in [0.2, 0.25) is 0 Å². The molecule has 0 bridgehead atoms. The first-order valence-corrected chi connectivity index (χ1v) is 8.37. The molecule has 1 aromatic carbocycles. The van der Waals surface area contributed by atoms with Crippen molar-refractivity contribution in [2.75, 3.05) is 6.61 Å². The highest BCUT2D eigenvalue weighted by Gasteiger charge is 2.35. The molecule has 7 heteroatoms. The number of rotatable bonds is 5. The van der Waals surface area contributed by atoms with Gasteiger partial charge in [-0.15, -0.1) is 12.4 Å². The van der Waals surface area contributed by atoms with Crippen LogP contribution in [0.3, 0.4) is 0 Å². The van der Waals surface area contributed by atoms with E-state index in [1.54, 1.807) is 0 Å². The summed E-state index contributed by atoms with van der Waals surface area (Å²) in [6, 6.07) is 5.99. The second-order valence-electron chi connectivity index (χ2n) is 5.91. The number of halogens is 2. The fraction of sp³-hybridized carbons (Fsp3) is 0.500. The lowest BCUT2D eigenvalue weighted by atomic mass is 9.99. The highest BCUT2D eigenvalue weighted by molar-refractivity contribution is 9.10. The normalized spacial score (nSPS) is 16.1. The summed E-state index contributed by atoms with van der Waals surface area (Å²) in [4.78, 5) is 4.44. The van der Waals surface area contributed by atoms with E-state index in [9.17, 15) is 0 Å². The Hall–Kier alpha value is -1.11. The third-order valence-corrected chi connectivity index (χ3v) is 4.69. The van der Waals surface area contributed by atoms with Crippen LogP contribution in [-0.2, 0) is 12.0 Å². The first-order valence-electron chi connectivity index (χ1n) is 7.58. The van der Waals surface area contributed by atoms with Crippen molar-refractivity contribution in [3.05, 3.63) is 40.0 Å². The molecule has 1 aliphatic carbocycles. The molecule has 3 rings (SSSR count). The number of ether oxygens (including phenoxy) is 1. The van der Waals surface area contributed by atoms with E-state index in [4.69, 9.17) is 15.0 Å². The molecule has 1 aliphatic rings. The van der Waals surface area contributed by atoms with Crippen LogP contribution in [0, 0.1) is 6.92 Å². The van der Waals surface area contributed by atoms with Gasteiger partial charge in [0, 0.05) is 0 Å². The van der Waals surface area contributed by atoms with Gasteiger partial charge in [-0.05, 0) is 53.4 Å². The third kappa shape index (κ3) is 4.25. The van der Waals surface area contributed by atoms with Gasteiger partial charge in [0.25, 0.3) is 0 Å². The van der Waals surface area contributed by atoms with E-state index in [0.29, 0.717) is 24.7 Å². The van der Waals surface area contributed by atoms with Crippen molar-refractivity contribution in [2.24, 2.45) is 5.73 Å². The Labute approximate surface area is 150 Å². The molecule has 23 heavy (non-hydrogen) atoms. The second-order valence-corrected chi connectivity index (χ2v) is 6.76. The second kappa shape index (κ2) is 7.64. The maximum absolute atomic E-state index is 6.32.